The van der Waals surface area contributed by atoms with Gasteiger partial charge in [-0.3, -0.25) is 9.13 Å². The predicted molar refractivity (Wildman–Crippen MR) is 147 cm³/mol. The van der Waals surface area contributed by atoms with Crippen LogP contribution in [0.3, 0.4) is 0 Å². The van der Waals surface area contributed by atoms with Crippen LogP contribution in [0.15, 0.2) is 17.1 Å². The van der Waals surface area contributed by atoms with Gasteiger partial charge in [-0.25, -0.2) is 4.79 Å². The third kappa shape index (κ3) is 18.3. The Balaban J connectivity index is 0.0000116. The molecule has 1 unspecified atom stereocenters. The summed E-state index contributed by atoms with van der Waals surface area (Å²) in [5.74, 6) is 2.45. The normalized spacial score (nSPS) is 13.8. The number of anilines is 1. The molecule has 2 atom stereocenters. The van der Waals surface area contributed by atoms with Gasteiger partial charge in [0.15, 0.2) is 0 Å². The minimum Gasteiger partial charge on any atom is -0.394 e. The first kappa shape index (κ1) is 34.4. The third-order valence-corrected chi connectivity index (χ3v) is 8.69. The molecule has 0 radical (unpaired) electrons. The summed E-state index contributed by atoms with van der Waals surface area (Å²) in [6.45, 7) is 1.98. The molecule has 0 fully saturated rings. The lowest BCUT2D eigenvalue weighted by Crippen LogP contribution is -2.32. The van der Waals surface area contributed by atoms with E-state index < -0.39 is 32.3 Å². The largest absolute Gasteiger partial charge is 0.394 e. The number of aliphatic hydroxyl groups excluding tert-OH is 1. The van der Waals surface area contributed by atoms with Gasteiger partial charge in [-0.15, -0.1) is 0 Å². The molecule has 0 amide bonds. The van der Waals surface area contributed by atoms with Crippen LogP contribution in [0.25, 0.3) is 0 Å². The third-order valence-electron chi connectivity index (χ3n) is 5.05. The van der Waals surface area contributed by atoms with Gasteiger partial charge in [-0.2, -0.15) is 4.98 Å². The molecular weight excluding hydrogens is 511 g/mol. The van der Waals surface area contributed by atoms with Gasteiger partial charge < -0.3 is 31.1 Å². The maximum Gasteiger partial charge on any atom is 0.353 e. The molecule has 1 heterocycles. The quantitative estimate of drug-likeness (QED) is 0.0875. The first-order valence-electron chi connectivity index (χ1n) is 12.1. The van der Waals surface area contributed by atoms with Crippen LogP contribution in [-0.4, -0.2) is 56.7 Å². The SMILES string of the molecule is CCCCCCCCSSCCCCCCOP(=O)(O)CO[C@H](CO)Cn1ccc(N)nc1=O.N. The summed E-state index contributed by atoms with van der Waals surface area (Å²) in [6, 6.07) is 1.45. The molecule has 0 aliphatic heterocycles. The highest BCUT2D eigenvalue weighted by Crippen LogP contribution is 2.42. The Kier molecular flexibility index (Phi) is 21.1. The zero-order chi connectivity index (χ0) is 25.1. The molecule has 13 heteroatoms. The fourth-order valence-corrected chi connectivity index (χ4v) is 6.27. The van der Waals surface area contributed by atoms with Crippen molar-refractivity contribution in [3.8, 4) is 0 Å². The fourth-order valence-electron chi connectivity index (χ4n) is 3.08. The number of unbranched alkanes of at least 4 members (excludes halogenated alkanes) is 8. The van der Waals surface area contributed by atoms with E-state index in [2.05, 4.69) is 11.9 Å². The summed E-state index contributed by atoms with van der Waals surface area (Å²) in [4.78, 5) is 25.3. The Labute approximate surface area is 217 Å². The van der Waals surface area contributed by atoms with E-state index in [4.69, 9.17) is 15.0 Å². The molecule has 1 aromatic rings. The summed E-state index contributed by atoms with van der Waals surface area (Å²) in [6.07, 6.45) is 11.9. The van der Waals surface area contributed by atoms with Crippen molar-refractivity contribution in [3.63, 3.8) is 0 Å². The van der Waals surface area contributed by atoms with E-state index in [0.29, 0.717) is 6.42 Å². The van der Waals surface area contributed by atoms with Gasteiger partial charge in [-0.1, -0.05) is 73.5 Å². The highest BCUT2D eigenvalue weighted by Gasteiger charge is 2.22. The number of aromatic nitrogens is 2. The summed E-state index contributed by atoms with van der Waals surface area (Å²) >= 11 is 0. The van der Waals surface area contributed by atoms with Gasteiger partial charge in [0, 0.05) is 17.7 Å². The van der Waals surface area contributed by atoms with E-state index in [0.717, 1.165) is 25.0 Å². The molecule has 0 saturated carbocycles. The Hall–Kier alpha value is -0.590. The molecular formula is C22H45N4O6PS2. The van der Waals surface area contributed by atoms with Gasteiger partial charge in [0.1, 0.15) is 12.2 Å². The van der Waals surface area contributed by atoms with Crippen molar-refractivity contribution < 1.29 is 23.8 Å². The van der Waals surface area contributed by atoms with Gasteiger partial charge in [0.2, 0.25) is 0 Å². The Morgan fingerprint density at radius 1 is 1.09 bits per heavy atom. The summed E-state index contributed by atoms with van der Waals surface area (Å²) in [5.41, 5.74) is 4.86. The van der Waals surface area contributed by atoms with Crippen LogP contribution in [0.4, 0.5) is 5.82 Å². The van der Waals surface area contributed by atoms with E-state index in [1.165, 1.54) is 61.1 Å². The van der Waals surface area contributed by atoms with E-state index in [-0.39, 0.29) is 25.1 Å². The number of ether oxygens (including phenoxy) is 1. The minimum absolute atomic E-state index is 0. The van der Waals surface area contributed by atoms with Crippen molar-refractivity contribution in [2.75, 3.05) is 36.8 Å². The number of nitrogens with two attached hydrogens (primary N) is 1. The van der Waals surface area contributed by atoms with Gasteiger partial charge in [-0.05, 0) is 25.3 Å². The average molecular weight is 557 g/mol. The molecule has 0 aromatic carbocycles. The first-order valence-corrected chi connectivity index (χ1v) is 16.4. The molecule has 0 aliphatic carbocycles. The molecule has 35 heavy (non-hydrogen) atoms. The number of hydrogen-bond donors (Lipinski definition) is 4. The lowest BCUT2D eigenvalue weighted by Gasteiger charge is -2.19. The van der Waals surface area contributed by atoms with Crippen molar-refractivity contribution in [2.45, 2.75) is 83.8 Å². The Morgan fingerprint density at radius 3 is 2.29 bits per heavy atom. The molecule has 206 valence electrons. The predicted octanol–water partition coefficient (Wildman–Crippen LogP) is 4.83. The molecule has 0 bridgehead atoms. The van der Waals surface area contributed by atoms with Crippen molar-refractivity contribution in [2.24, 2.45) is 0 Å². The molecule has 0 saturated heterocycles. The van der Waals surface area contributed by atoms with Crippen LogP contribution in [0, 0.1) is 0 Å². The smallest absolute Gasteiger partial charge is 0.353 e. The van der Waals surface area contributed by atoms with Crippen molar-refractivity contribution in [3.05, 3.63) is 22.7 Å². The van der Waals surface area contributed by atoms with Crippen molar-refractivity contribution in [1.82, 2.24) is 15.7 Å². The second-order valence-electron chi connectivity index (χ2n) is 8.18. The number of aliphatic hydroxyl groups is 1. The maximum atomic E-state index is 12.2. The van der Waals surface area contributed by atoms with E-state index in [1.54, 1.807) is 0 Å². The molecule has 0 spiro atoms. The average Bonchev–Trinajstić information content (AvgIpc) is 2.80. The molecule has 10 nitrogen and oxygen atoms in total. The standard InChI is InChI=1S/C22H42N3O6PS2.H3N/c1-2-3-4-5-7-10-15-33-34-16-11-8-6-9-14-31-32(28,29)19-30-20(18-26)17-25-13-12-21(23)24-22(25)27;/h12-13,20,26H,2-11,14-19H2,1H3,(H,28,29)(H2,23,24,27);1H3/t20-;/m0./s1. The maximum absolute atomic E-state index is 12.2. The van der Waals surface area contributed by atoms with Crippen molar-refractivity contribution >= 4 is 35.0 Å². The Bertz CT molecular complexity index is 759. The van der Waals surface area contributed by atoms with Gasteiger partial charge >= 0.3 is 13.3 Å². The fraction of sp³-hybridized carbons (Fsp3) is 0.818. The summed E-state index contributed by atoms with van der Waals surface area (Å²) < 4.78 is 23.8. The van der Waals surface area contributed by atoms with Crippen LogP contribution >= 0.6 is 29.2 Å². The number of nitrogen functional groups attached to an aromatic ring is 1. The van der Waals surface area contributed by atoms with Crippen LogP contribution in [0.2, 0.25) is 0 Å². The van der Waals surface area contributed by atoms with Gasteiger partial charge in [0.25, 0.3) is 0 Å². The van der Waals surface area contributed by atoms with Gasteiger partial charge in [0.05, 0.1) is 25.9 Å². The molecule has 1 rings (SSSR count). The number of hydrogen-bond acceptors (Lipinski definition) is 10. The highest BCUT2D eigenvalue weighted by molar-refractivity contribution is 8.76. The second kappa shape index (κ2) is 21.5. The van der Waals surface area contributed by atoms with E-state index in [9.17, 15) is 19.4 Å². The topological polar surface area (TPSA) is 172 Å². The number of nitrogens with zero attached hydrogens (tertiary/aromatic N) is 2. The number of rotatable bonds is 22. The second-order valence-corrected chi connectivity index (χ2v) is 12.7. The van der Waals surface area contributed by atoms with Crippen LogP contribution < -0.4 is 17.6 Å². The van der Waals surface area contributed by atoms with Crippen LogP contribution in [0.1, 0.15) is 71.1 Å². The summed E-state index contributed by atoms with van der Waals surface area (Å²) in [7, 11) is -0.0363. The van der Waals surface area contributed by atoms with Crippen LogP contribution in [0.5, 0.6) is 0 Å². The minimum atomic E-state index is -3.93. The molecule has 0 aliphatic rings. The Morgan fingerprint density at radius 2 is 1.69 bits per heavy atom. The first-order chi connectivity index (χ1) is 16.4. The van der Waals surface area contributed by atoms with Crippen molar-refractivity contribution in [1.29, 1.82) is 0 Å². The van der Waals surface area contributed by atoms with E-state index >= 15 is 0 Å². The monoisotopic (exact) mass is 556 g/mol. The van der Waals surface area contributed by atoms with Crippen LogP contribution in [-0.2, 0) is 20.4 Å². The summed E-state index contributed by atoms with van der Waals surface area (Å²) in [5, 5.41) is 9.45. The molecule has 1 aromatic heterocycles. The molecule has 7 N–H and O–H groups in total. The highest BCUT2D eigenvalue weighted by atomic mass is 33.1. The zero-order valence-electron chi connectivity index (χ0n) is 21.0. The zero-order valence-corrected chi connectivity index (χ0v) is 23.5. The lowest BCUT2D eigenvalue weighted by molar-refractivity contribution is 0.0167. The lowest BCUT2D eigenvalue weighted by atomic mass is 10.1. The van der Waals surface area contributed by atoms with E-state index in [1.807, 2.05) is 21.6 Å².